The smallest absolute Gasteiger partial charge is 0.222 e. The highest BCUT2D eigenvalue weighted by molar-refractivity contribution is 5.76. The molecule has 0 fully saturated rings. The number of hydrogen-bond acceptors (Lipinski definition) is 1. The summed E-state index contributed by atoms with van der Waals surface area (Å²) in [6, 6.07) is 0. The fraction of sp³-hybridized carbons (Fsp3) is 0.778. The number of amides is 1. The zero-order valence-electron chi connectivity index (χ0n) is 7.60. The summed E-state index contributed by atoms with van der Waals surface area (Å²) in [5, 5.41) is 0. The van der Waals surface area contributed by atoms with Crippen molar-refractivity contribution in [1.82, 2.24) is 4.90 Å². The van der Waals surface area contributed by atoms with Crippen LogP contribution >= 0.6 is 0 Å². The molecule has 1 amide bonds. The minimum atomic E-state index is 0.168. The topological polar surface area (TPSA) is 20.3 Å². The molecule has 0 unspecified atom stereocenters. The Morgan fingerprint density at radius 2 is 2.09 bits per heavy atom. The summed E-state index contributed by atoms with van der Waals surface area (Å²) in [4.78, 5) is 13.0. The number of carbonyl (C=O) groups excluding carboxylic acids is 1. The Morgan fingerprint density at radius 3 is 2.45 bits per heavy atom. The van der Waals surface area contributed by atoms with Crippen LogP contribution in [0.3, 0.4) is 0 Å². The Morgan fingerprint density at radius 1 is 1.45 bits per heavy atom. The van der Waals surface area contributed by atoms with Crippen LogP contribution in [-0.4, -0.2) is 23.9 Å². The van der Waals surface area contributed by atoms with Gasteiger partial charge in [0.25, 0.3) is 0 Å². The number of carbonyl (C=O) groups is 1. The van der Waals surface area contributed by atoms with Gasteiger partial charge >= 0.3 is 0 Å². The van der Waals surface area contributed by atoms with Crippen molar-refractivity contribution >= 4 is 5.91 Å². The van der Waals surface area contributed by atoms with Gasteiger partial charge in [-0.25, -0.2) is 0 Å². The molecule has 0 saturated heterocycles. The molecule has 0 heterocycles. The van der Waals surface area contributed by atoms with E-state index in [-0.39, 0.29) is 5.91 Å². The van der Waals surface area contributed by atoms with Crippen molar-refractivity contribution < 1.29 is 4.79 Å². The van der Waals surface area contributed by atoms with E-state index in [0.29, 0.717) is 6.42 Å². The third kappa shape index (κ3) is 4.02. The van der Waals surface area contributed by atoms with E-state index < -0.39 is 0 Å². The second-order valence-electron chi connectivity index (χ2n) is 2.58. The average molecular weight is 156 g/mol. The van der Waals surface area contributed by atoms with Crippen molar-refractivity contribution in [2.24, 2.45) is 0 Å². The highest BCUT2D eigenvalue weighted by Crippen LogP contribution is 1.97. The molecule has 2 heteroatoms. The minimum absolute atomic E-state index is 0.168. The number of hydrogen-bond donors (Lipinski definition) is 0. The standard InChI is InChI=1S/C9H18NO/c1-4-7-8-10(6-3)9(11)5-2/h2,4-8H2,1,3H3. The quantitative estimate of drug-likeness (QED) is 0.595. The van der Waals surface area contributed by atoms with Gasteiger partial charge in [0.2, 0.25) is 5.91 Å². The first-order chi connectivity index (χ1) is 5.26. The molecule has 0 aliphatic rings. The number of unbranched alkanes of at least 4 members (excludes halogenated alkanes) is 1. The van der Waals surface area contributed by atoms with Crippen molar-refractivity contribution in [3.05, 3.63) is 6.92 Å². The number of rotatable bonds is 5. The molecule has 11 heavy (non-hydrogen) atoms. The van der Waals surface area contributed by atoms with Gasteiger partial charge in [-0.15, -0.1) is 0 Å². The molecular formula is C9H18NO. The van der Waals surface area contributed by atoms with Crippen LogP contribution in [0.1, 0.15) is 33.1 Å². The van der Waals surface area contributed by atoms with Crippen LogP contribution in [0.5, 0.6) is 0 Å². The fourth-order valence-electron chi connectivity index (χ4n) is 0.966. The van der Waals surface area contributed by atoms with Crippen molar-refractivity contribution in [2.45, 2.75) is 33.1 Å². The lowest BCUT2D eigenvalue weighted by molar-refractivity contribution is -0.130. The third-order valence-corrected chi connectivity index (χ3v) is 1.73. The molecule has 0 saturated carbocycles. The molecule has 0 atom stereocenters. The van der Waals surface area contributed by atoms with Gasteiger partial charge in [-0.05, 0) is 20.3 Å². The Bertz CT molecular complexity index is 112. The SMILES string of the molecule is [CH2]CC(=O)N(CC)CCCC. The lowest BCUT2D eigenvalue weighted by atomic mass is 10.3. The lowest BCUT2D eigenvalue weighted by Gasteiger charge is -2.19. The molecule has 0 spiro atoms. The van der Waals surface area contributed by atoms with Gasteiger partial charge in [-0.1, -0.05) is 13.3 Å². The van der Waals surface area contributed by atoms with E-state index in [9.17, 15) is 4.79 Å². The molecule has 0 aromatic heterocycles. The van der Waals surface area contributed by atoms with Crippen molar-refractivity contribution in [2.75, 3.05) is 13.1 Å². The Kier molecular flexibility index (Phi) is 5.90. The Labute approximate surface area is 69.6 Å². The van der Waals surface area contributed by atoms with E-state index in [0.717, 1.165) is 25.9 Å². The maximum absolute atomic E-state index is 11.1. The Balaban J connectivity index is 3.65. The average Bonchev–Trinajstić information content (AvgIpc) is 2.05. The summed E-state index contributed by atoms with van der Waals surface area (Å²) in [5.41, 5.74) is 0. The third-order valence-electron chi connectivity index (χ3n) is 1.73. The molecule has 65 valence electrons. The first kappa shape index (κ1) is 10.5. The summed E-state index contributed by atoms with van der Waals surface area (Å²) in [6.07, 6.45) is 2.62. The monoisotopic (exact) mass is 156 g/mol. The van der Waals surface area contributed by atoms with Crippen molar-refractivity contribution in [3.8, 4) is 0 Å². The zero-order chi connectivity index (χ0) is 8.69. The minimum Gasteiger partial charge on any atom is -0.343 e. The predicted molar refractivity (Wildman–Crippen MR) is 47.1 cm³/mol. The van der Waals surface area contributed by atoms with Gasteiger partial charge in [0.15, 0.2) is 0 Å². The largest absolute Gasteiger partial charge is 0.343 e. The van der Waals surface area contributed by atoms with Crippen LogP contribution in [-0.2, 0) is 4.79 Å². The van der Waals surface area contributed by atoms with Crippen LogP contribution in [0.25, 0.3) is 0 Å². The number of nitrogens with zero attached hydrogens (tertiary/aromatic N) is 1. The van der Waals surface area contributed by atoms with Gasteiger partial charge < -0.3 is 4.90 Å². The van der Waals surface area contributed by atoms with E-state index >= 15 is 0 Å². The molecule has 2 nitrogen and oxygen atoms in total. The molecule has 0 N–H and O–H groups in total. The highest BCUT2D eigenvalue weighted by atomic mass is 16.2. The second-order valence-corrected chi connectivity index (χ2v) is 2.58. The highest BCUT2D eigenvalue weighted by Gasteiger charge is 2.06. The van der Waals surface area contributed by atoms with E-state index in [2.05, 4.69) is 13.8 Å². The summed E-state index contributed by atoms with van der Waals surface area (Å²) < 4.78 is 0. The van der Waals surface area contributed by atoms with Gasteiger partial charge in [-0.2, -0.15) is 0 Å². The molecular weight excluding hydrogens is 138 g/mol. The molecule has 0 aromatic carbocycles. The Hall–Kier alpha value is -0.530. The van der Waals surface area contributed by atoms with Crippen LogP contribution in [0.4, 0.5) is 0 Å². The summed E-state index contributed by atoms with van der Waals surface area (Å²) in [5.74, 6) is 0.168. The van der Waals surface area contributed by atoms with Crippen molar-refractivity contribution in [3.63, 3.8) is 0 Å². The van der Waals surface area contributed by atoms with Crippen LogP contribution in [0, 0.1) is 6.92 Å². The molecule has 0 aliphatic heterocycles. The second kappa shape index (κ2) is 6.20. The first-order valence-electron chi connectivity index (χ1n) is 4.33. The van der Waals surface area contributed by atoms with Crippen molar-refractivity contribution in [1.29, 1.82) is 0 Å². The first-order valence-corrected chi connectivity index (χ1v) is 4.33. The van der Waals surface area contributed by atoms with Gasteiger partial charge in [-0.3, -0.25) is 4.79 Å². The lowest BCUT2D eigenvalue weighted by Crippen LogP contribution is -2.30. The van der Waals surface area contributed by atoms with Gasteiger partial charge in [0.05, 0.1) is 0 Å². The molecule has 1 radical (unpaired) electrons. The van der Waals surface area contributed by atoms with Gasteiger partial charge in [0.1, 0.15) is 0 Å². The molecule has 0 bridgehead atoms. The van der Waals surface area contributed by atoms with Crippen LogP contribution < -0.4 is 0 Å². The maximum atomic E-state index is 11.1. The maximum Gasteiger partial charge on any atom is 0.222 e. The van der Waals surface area contributed by atoms with Crippen LogP contribution in [0.2, 0.25) is 0 Å². The normalized spacial score (nSPS) is 9.73. The molecule has 0 aromatic rings. The molecule has 0 rings (SSSR count). The zero-order valence-corrected chi connectivity index (χ0v) is 7.60. The predicted octanol–water partition coefficient (Wildman–Crippen LogP) is 1.86. The summed E-state index contributed by atoms with van der Waals surface area (Å²) in [7, 11) is 0. The fourth-order valence-corrected chi connectivity index (χ4v) is 0.966. The van der Waals surface area contributed by atoms with E-state index in [1.54, 1.807) is 0 Å². The van der Waals surface area contributed by atoms with Gasteiger partial charge in [0, 0.05) is 19.5 Å². The molecule has 0 aliphatic carbocycles. The summed E-state index contributed by atoms with van der Waals surface area (Å²) in [6.45, 7) is 9.41. The van der Waals surface area contributed by atoms with E-state index in [4.69, 9.17) is 0 Å². The summed E-state index contributed by atoms with van der Waals surface area (Å²) >= 11 is 0. The van der Waals surface area contributed by atoms with E-state index in [1.807, 2.05) is 11.8 Å². The van der Waals surface area contributed by atoms with E-state index in [1.165, 1.54) is 0 Å². The van der Waals surface area contributed by atoms with Crippen LogP contribution in [0.15, 0.2) is 0 Å².